The third kappa shape index (κ3) is 2.42. The standard InChI is InChI=1S/C13H16BrN3O2/c14-8-1-4-12(11(5-8)13(15)16-18)17-6-9-2-3-10(7-17)19-9/h1,4-5,9-10,18H,2-3,6-7H2,(H2,15,16). The smallest absolute Gasteiger partial charge is 0.172 e. The van der Waals surface area contributed by atoms with Gasteiger partial charge in [0.05, 0.1) is 12.2 Å². The number of benzene rings is 1. The van der Waals surface area contributed by atoms with Crippen molar-refractivity contribution >= 4 is 27.5 Å². The third-order valence-corrected chi connectivity index (χ3v) is 4.22. The Bertz CT molecular complexity index is 509. The molecule has 1 aromatic rings. The van der Waals surface area contributed by atoms with E-state index < -0.39 is 0 Å². The van der Waals surface area contributed by atoms with Gasteiger partial charge < -0.3 is 20.6 Å². The molecule has 0 amide bonds. The summed E-state index contributed by atoms with van der Waals surface area (Å²) in [4.78, 5) is 2.27. The van der Waals surface area contributed by atoms with Crippen molar-refractivity contribution in [3.63, 3.8) is 0 Å². The predicted octanol–water partition coefficient (Wildman–Crippen LogP) is 1.91. The molecule has 2 atom stereocenters. The van der Waals surface area contributed by atoms with E-state index >= 15 is 0 Å². The van der Waals surface area contributed by atoms with Gasteiger partial charge in [-0.1, -0.05) is 21.1 Å². The van der Waals surface area contributed by atoms with E-state index in [2.05, 4.69) is 26.0 Å². The van der Waals surface area contributed by atoms with Gasteiger partial charge in [-0.3, -0.25) is 0 Å². The van der Waals surface area contributed by atoms with Crippen LogP contribution in [0, 0.1) is 0 Å². The lowest BCUT2D eigenvalue weighted by Crippen LogP contribution is -2.43. The molecular weight excluding hydrogens is 310 g/mol. The Morgan fingerprint density at radius 2 is 2.05 bits per heavy atom. The fourth-order valence-corrected chi connectivity index (χ4v) is 3.22. The summed E-state index contributed by atoms with van der Waals surface area (Å²) in [7, 11) is 0. The van der Waals surface area contributed by atoms with Crippen LogP contribution in [-0.2, 0) is 4.74 Å². The Hall–Kier alpha value is -1.27. The van der Waals surface area contributed by atoms with Crippen molar-refractivity contribution in [1.29, 1.82) is 0 Å². The van der Waals surface area contributed by atoms with Crippen LogP contribution in [0.2, 0.25) is 0 Å². The van der Waals surface area contributed by atoms with E-state index in [4.69, 9.17) is 15.7 Å². The van der Waals surface area contributed by atoms with E-state index in [9.17, 15) is 0 Å². The normalized spacial score (nSPS) is 26.8. The number of halogens is 1. The molecule has 6 heteroatoms. The zero-order chi connectivity index (χ0) is 13.4. The summed E-state index contributed by atoms with van der Waals surface area (Å²) in [6, 6.07) is 5.85. The molecule has 2 unspecified atom stereocenters. The molecule has 5 nitrogen and oxygen atoms in total. The number of hydrogen-bond acceptors (Lipinski definition) is 4. The van der Waals surface area contributed by atoms with E-state index in [1.165, 1.54) is 0 Å². The minimum Gasteiger partial charge on any atom is -0.409 e. The average Bonchev–Trinajstić information content (AvgIpc) is 2.76. The second-order valence-corrected chi connectivity index (χ2v) is 5.92. The van der Waals surface area contributed by atoms with E-state index in [-0.39, 0.29) is 5.84 Å². The maximum absolute atomic E-state index is 8.92. The molecule has 2 aliphatic rings. The fourth-order valence-electron chi connectivity index (χ4n) is 2.85. The zero-order valence-corrected chi connectivity index (χ0v) is 12.0. The van der Waals surface area contributed by atoms with Gasteiger partial charge in [0, 0.05) is 28.8 Å². The maximum Gasteiger partial charge on any atom is 0.172 e. The highest BCUT2D eigenvalue weighted by atomic mass is 79.9. The van der Waals surface area contributed by atoms with Crippen LogP contribution in [0.5, 0.6) is 0 Å². The fraction of sp³-hybridized carbons (Fsp3) is 0.462. The van der Waals surface area contributed by atoms with Crippen molar-refractivity contribution in [3.8, 4) is 0 Å². The first-order valence-corrected chi connectivity index (χ1v) is 7.14. The molecule has 2 bridgehead atoms. The van der Waals surface area contributed by atoms with Gasteiger partial charge in [-0.2, -0.15) is 0 Å². The molecular formula is C13H16BrN3O2. The second-order valence-electron chi connectivity index (χ2n) is 5.01. The summed E-state index contributed by atoms with van der Waals surface area (Å²) < 4.78 is 6.75. The van der Waals surface area contributed by atoms with Crippen molar-refractivity contribution in [3.05, 3.63) is 28.2 Å². The summed E-state index contributed by atoms with van der Waals surface area (Å²) in [5.74, 6) is 0.134. The van der Waals surface area contributed by atoms with Gasteiger partial charge in [-0.05, 0) is 31.0 Å². The second kappa shape index (κ2) is 5.02. The van der Waals surface area contributed by atoms with Crippen molar-refractivity contribution in [2.75, 3.05) is 18.0 Å². The van der Waals surface area contributed by atoms with Crippen molar-refractivity contribution in [2.24, 2.45) is 10.9 Å². The van der Waals surface area contributed by atoms with Crippen LogP contribution >= 0.6 is 15.9 Å². The summed E-state index contributed by atoms with van der Waals surface area (Å²) in [5, 5.41) is 12.0. The molecule has 19 heavy (non-hydrogen) atoms. The van der Waals surface area contributed by atoms with Gasteiger partial charge in [-0.15, -0.1) is 0 Å². The van der Waals surface area contributed by atoms with Crippen LogP contribution in [-0.4, -0.2) is 36.3 Å². The molecule has 0 saturated carbocycles. The number of oxime groups is 1. The SMILES string of the molecule is N/C(=N/O)c1cc(Br)ccc1N1CC2CCC(C1)O2. The molecule has 2 fully saturated rings. The molecule has 102 valence electrons. The van der Waals surface area contributed by atoms with E-state index in [0.29, 0.717) is 12.2 Å². The van der Waals surface area contributed by atoms with Gasteiger partial charge in [0.2, 0.25) is 0 Å². The first-order valence-electron chi connectivity index (χ1n) is 6.35. The molecule has 0 spiro atoms. The highest BCUT2D eigenvalue weighted by Gasteiger charge is 2.34. The van der Waals surface area contributed by atoms with Gasteiger partial charge in [0.25, 0.3) is 0 Å². The largest absolute Gasteiger partial charge is 0.409 e. The van der Waals surface area contributed by atoms with Gasteiger partial charge in [0.15, 0.2) is 5.84 Å². The Labute approximate surface area is 120 Å². The minimum absolute atomic E-state index is 0.134. The number of rotatable bonds is 2. The monoisotopic (exact) mass is 325 g/mol. The molecule has 2 heterocycles. The topological polar surface area (TPSA) is 71.1 Å². The van der Waals surface area contributed by atoms with Crippen LogP contribution in [0.25, 0.3) is 0 Å². The molecule has 1 aromatic carbocycles. The maximum atomic E-state index is 8.92. The highest BCUT2D eigenvalue weighted by molar-refractivity contribution is 9.10. The van der Waals surface area contributed by atoms with Crippen LogP contribution in [0.4, 0.5) is 5.69 Å². The molecule has 3 rings (SSSR count). The summed E-state index contributed by atoms with van der Waals surface area (Å²) >= 11 is 3.42. The van der Waals surface area contributed by atoms with Gasteiger partial charge >= 0.3 is 0 Å². The average molecular weight is 326 g/mol. The zero-order valence-electron chi connectivity index (χ0n) is 10.4. The summed E-state index contributed by atoms with van der Waals surface area (Å²) in [6.07, 6.45) is 2.86. The number of ether oxygens (including phenoxy) is 1. The summed E-state index contributed by atoms with van der Waals surface area (Å²) in [6.45, 7) is 1.73. The predicted molar refractivity (Wildman–Crippen MR) is 76.8 cm³/mol. The lowest BCUT2D eigenvalue weighted by molar-refractivity contribution is 0.0305. The quantitative estimate of drug-likeness (QED) is 0.377. The minimum atomic E-state index is 0.134. The van der Waals surface area contributed by atoms with E-state index in [1.54, 1.807) is 0 Å². The number of anilines is 1. The van der Waals surface area contributed by atoms with Crippen LogP contribution in [0.15, 0.2) is 27.8 Å². The number of hydrogen-bond donors (Lipinski definition) is 2. The Morgan fingerprint density at radius 3 is 2.68 bits per heavy atom. The van der Waals surface area contributed by atoms with Crippen molar-refractivity contribution in [1.82, 2.24) is 0 Å². The molecule has 2 saturated heterocycles. The molecule has 3 N–H and O–H groups in total. The first kappa shape index (κ1) is 12.7. The molecule has 0 radical (unpaired) electrons. The number of nitrogens with zero attached hydrogens (tertiary/aromatic N) is 2. The molecule has 0 aromatic heterocycles. The number of amidine groups is 1. The van der Waals surface area contributed by atoms with Crippen LogP contribution in [0.1, 0.15) is 18.4 Å². The van der Waals surface area contributed by atoms with Gasteiger partial charge in [0.1, 0.15) is 0 Å². The highest BCUT2D eigenvalue weighted by Crippen LogP contribution is 2.32. The van der Waals surface area contributed by atoms with Gasteiger partial charge in [-0.25, -0.2) is 0 Å². The van der Waals surface area contributed by atoms with Crippen LogP contribution in [0.3, 0.4) is 0 Å². The third-order valence-electron chi connectivity index (χ3n) is 3.73. The number of morpholine rings is 1. The van der Waals surface area contributed by atoms with Crippen LogP contribution < -0.4 is 10.6 Å². The lowest BCUT2D eigenvalue weighted by atomic mass is 10.1. The Kier molecular flexibility index (Phi) is 3.36. The Balaban J connectivity index is 1.96. The van der Waals surface area contributed by atoms with Crippen molar-refractivity contribution < 1.29 is 9.94 Å². The lowest BCUT2D eigenvalue weighted by Gasteiger charge is -2.35. The number of nitrogens with two attached hydrogens (primary N) is 1. The summed E-state index contributed by atoms with van der Waals surface area (Å²) in [5.41, 5.74) is 7.52. The molecule has 0 aliphatic carbocycles. The first-order chi connectivity index (χ1) is 9.17. The number of fused-ring (bicyclic) bond motifs is 2. The van der Waals surface area contributed by atoms with E-state index in [1.807, 2.05) is 18.2 Å². The Morgan fingerprint density at radius 1 is 1.37 bits per heavy atom. The molecule has 2 aliphatic heterocycles. The van der Waals surface area contributed by atoms with Crippen molar-refractivity contribution in [2.45, 2.75) is 25.0 Å². The van der Waals surface area contributed by atoms with E-state index in [0.717, 1.165) is 41.7 Å².